The quantitative estimate of drug-likeness (QED) is 0.647. The number of aliphatic hydroxyl groups excluding tert-OH is 1. The van der Waals surface area contributed by atoms with Crippen LogP contribution in [-0.2, 0) is 6.54 Å². The second kappa shape index (κ2) is 9.05. The first kappa shape index (κ1) is 18.8. The Bertz CT molecular complexity index is 699. The number of aliphatic hydroxyl groups is 1. The lowest BCUT2D eigenvalue weighted by molar-refractivity contribution is 0.0697. The molecule has 0 fully saturated rings. The Morgan fingerprint density at radius 1 is 1.16 bits per heavy atom. The van der Waals surface area contributed by atoms with Gasteiger partial charge in [-0.1, -0.05) is 18.2 Å². The molecule has 0 aliphatic heterocycles. The van der Waals surface area contributed by atoms with E-state index in [4.69, 9.17) is 19.7 Å². The van der Waals surface area contributed by atoms with Crippen molar-refractivity contribution in [2.45, 2.75) is 19.5 Å². The third-order valence-corrected chi connectivity index (χ3v) is 3.85. The molecule has 2 aromatic carbocycles. The minimum atomic E-state index is -0.927. The average Bonchev–Trinajstić information content (AvgIpc) is 2.64. The van der Waals surface area contributed by atoms with Gasteiger partial charge in [0.1, 0.15) is 6.61 Å². The van der Waals surface area contributed by atoms with Crippen molar-refractivity contribution >= 4 is 5.97 Å². The number of nitrogens with one attached hydrogen (secondary N) is 1. The normalized spacial score (nSPS) is 11.8. The summed E-state index contributed by atoms with van der Waals surface area (Å²) in [6.45, 7) is 2.82. The highest BCUT2D eigenvalue weighted by Crippen LogP contribution is 2.30. The minimum absolute atomic E-state index is 0.0521. The number of aromatic carboxylic acids is 1. The number of ether oxygens (including phenoxy) is 2. The SMILES string of the molecule is COc1cc(C(C)NCc2ccc(C(=O)O)cc2)ccc1OCCO. The van der Waals surface area contributed by atoms with Crippen LogP contribution in [0.3, 0.4) is 0 Å². The van der Waals surface area contributed by atoms with Crippen molar-refractivity contribution in [1.82, 2.24) is 5.32 Å². The molecule has 0 saturated heterocycles. The first-order valence-electron chi connectivity index (χ1n) is 8.02. The van der Waals surface area contributed by atoms with Crippen LogP contribution in [0.5, 0.6) is 11.5 Å². The van der Waals surface area contributed by atoms with Gasteiger partial charge in [-0.2, -0.15) is 0 Å². The van der Waals surface area contributed by atoms with Crippen LogP contribution in [0.15, 0.2) is 42.5 Å². The van der Waals surface area contributed by atoms with E-state index in [0.29, 0.717) is 18.0 Å². The number of benzene rings is 2. The van der Waals surface area contributed by atoms with Gasteiger partial charge in [-0.3, -0.25) is 0 Å². The Labute approximate surface area is 147 Å². The Morgan fingerprint density at radius 3 is 2.48 bits per heavy atom. The molecule has 0 saturated carbocycles. The summed E-state index contributed by atoms with van der Waals surface area (Å²) in [5.74, 6) is 0.283. The lowest BCUT2D eigenvalue weighted by Crippen LogP contribution is -2.18. The second-order valence-corrected chi connectivity index (χ2v) is 5.59. The Hall–Kier alpha value is -2.57. The third kappa shape index (κ3) is 5.20. The molecular weight excluding hydrogens is 322 g/mol. The first-order chi connectivity index (χ1) is 12.0. The topological polar surface area (TPSA) is 88.0 Å². The van der Waals surface area contributed by atoms with Crippen molar-refractivity contribution in [2.24, 2.45) is 0 Å². The molecule has 0 heterocycles. The molecule has 25 heavy (non-hydrogen) atoms. The van der Waals surface area contributed by atoms with Crippen molar-refractivity contribution in [2.75, 3.05) is 20.3 Å². The van der Waals surface area contributed by atoms with E-state index in [0.717, 1.165) is 11.1 Å². The summed E-state index contributed by atoms with van der Waals surface area (Å²) in [4.78, 5) is 10.9. The van der Waals surface area contributed by atoms with Crippen LogP contribution in [0.4, 0.5) is 0 Å². The largest absolute Gasteiger partial charge is 0.493 e. The van der Waals surface area contributed by atoms with Gasteiger partial charge in [-0.25, -0.2) is 4.79 Å². The monoisotopic (exact) mass is 345 g/mol. The van der Waals surface area contributed by atoms with E-state index in [9.17, 15) is 4.79 Å². The summed E-state index contributed by atoms with van der Waals surface area (Å²) in [7, 11) is 1.58. The van der Waals surface area contributed by atoms with E-state index in [1.54, 1.807) is 31.4 Å². The molecule has 0 bridgehead atoms. The third-order valence-electron chi connectivity index (χ3n) is 3.85. The highest BCUT2D eigenvalue weighted by Gasteiger charge is 2.11. The predicted octanol–water partition coefficient (Wildman–Crippen LogP) is 2.62. The first-order valence-corrected chi connectivity index (χ1v) is 8.02. The molecule has 0 radical (unpaired) electrons. The molecule has 1 unspecified atom stereocenters. The average molecular weight is 345 g/mol. The highest BCUT2D eigenvalue weighted by atomic mass is 16.5. The standard InChI is InChI=1S/C19H23NO5/c1-13(20-12-14-3-5-15(6-4-14)19(22)23)16-7-8-17(25-10-9-21)18(11-16)24-2/h3-8,11,13,20-21H,9-10,12H2,1-2H3,(H,22,23). The van der Waals surface area contributed by atoms with Crippen molar-refractivity contribution in [3.05, 3.63) is 59.2 Å². The number of rotatable bonds is 9. The summed E-state index contributed by atoms with van der Waals surface area (Å²) >= 11 is 0. The van der Waals surface area contributed by atoms with Gasteiger partial charge in [-0.05, 0) is 42.3 Å². The number of carboxylic acids is 1. The number of hydrogen-bond acceptors (Lipinski definition) is 5. The van der Waals surface area contributed by atoms with Crippen LogP contribution in [-0.4, -0.2) is 36.5 Å². The van der Waals surface area contributed by atoms with Crippen LogP contribution in [0.1, 0.15) is 34.5 Å². The van der Waals surface area contributed by atoms with Crippen molar-refractivity contribution in [3.8, 4) is 11.5 Å². The Morgan fingerprint density at radius 2 is 1.88 bits per heavy atom. The van der Waals surface area contributed by atoms with Crippen LogP contribution in [0, 0.1) is 0 Å². The maximum Gasteiger partial charge on any atom is 0.335 e. The highest BCUT2D eigenvalue weighted by molar-refractivity contribution is 5.87. The molecule has 6 nitrogen and oxygen atoms in total. The van der Waals surface area contributed by atoms with E-state index < -0.39 is 5.97 Å². The van der Waals surface area contributed by atoms with Gasteiger partial charge in [0.2, 0.25) is 0 Å². The molecular formula is C19H23NO5. The lowest BCUT2D eigenvalue weighted by atomic mass is 10.1. The van der Waals surface area contributed by atoms with Gasteiger partial charge in [0.15, 0.2) is 11.5 Å². The van der Waals surface area contributed by atoms with Gasteiger partial charge >= 0.3 is 5.97 Å². The van der Waals surface area contributed by atoms with Gasteiger partial charge in [0.25, 0.3) is 0 Å². The van der Waals surface area contributed by atoms with E-state index in [1.807, 2.05) is 25.1 Å². The van der Waals surface area contributed by atoms with Gasteiger partial charge in [0, 0.05) is 12.6 Å². The molecule has 2 rings (SSSR count). The Balaban J connectivity index is 2.00. The van der Waals surface area contributed by atoms with Crippen LogP contribution in [0.25, 0.3) is 0 Å². The van der Waals surface area contributed by atoms with Crippen molar-refractivity contribution < 1.29 is 24.5 Å². The molecule has 0 spiro atoms. The number of carboxylic acid groups (broad SMARTS) is 1. The van der Waals surface area contributed by atoms with Crippen LogP contribution >= 0.6 is 0 Å². The summed E-state index contributed by atoms with van der Waals surface area (Å²) in [5.41, 5.74) is 2.32. The van der Waals surface area contributed by atoms with Crippen molar-refractivity contribution in [1.29, 1.82) is 0 Å². The fourth-order valence-electron chi connectivity index (χ4n) is 2.38. The summed E-state index contributed by atoms with van der Waals surface area (Å²) in [5, 5.41) is 21.2. The fraction of sp³-hybridized carbons (Fsp3) is 0.316. The molecule has 1 atom stereocenters. The van der Waals surface area contributed by atoms with E-state index in [2.05, 4.69) is 5.32 Å². The van der Waals surface area contributed by atoms with Crippen molar-refractivity contribution in [3.63, 3.8) is 0 Å². The number of hydrogen-bond donors (Lipinski definition) is 3. The minimum Gasteiger partial charge on any atom is -0.493 e. The molecule has 2 aromatic rings. The molecule has 6 heteroatoms. The summed E-state index contributed by atoms with van der Waals surface area (Å²) in [6, 6.07) is 12.5. The lowest BCUT2D eigenvalue weighted by Gasteiger charge is -2.17. The zero-order valence-electron chi connectivity index (χ0n) is 14.4. The van der Waals surface area contributed by atoms with E-state index >= 15 is 0 Å². The smallest absolute Gasteiger partial charge is 0.335 e. The molecule has 3 N–H and O–H groups in total. The predicted molar refractivity (Wildman–Crippen MR) is 94.2 cm³/mol. The van der Waals surface area contributed by atoms with E-state index in [1.165, 1.54) is 0 Å². The summed E-state index contributed by atoms with van der Waals surface area (Å²) in [6.07, 6.45) is 0. The van der Waals surface area contributed by atoms with Crippen LogP contribution < -0.4 is 14.8 Å². The second-order valence-electron chi connectivity index (χ2n) is 5.59. The molecule has 0 aliphatic rings. The van der Waals surface area contributed by atoms with Gasteiger partial charge in [-0.15, -0.1) is 0 Å². The fourth-order valence-corrected chi connectivity index (χ4v) is 2.38. The van der Waals surface area contributed by atoms with E-state index in [-0.39, 0.29) is 24.8 Å². The maximum absolute atomic E-state index is 10.9. The Kier molecular flexibility index (Phi) is 6.80. The van der Waals surface area contributed by atoms with Gasteiger partial charge in [0.05, 0.1) is 19.3 Å². The zero-order valence-corrected chi connectivity index (χ0v) is 14.4. The number of carbonyl (C=O) groups is 1. The molecule has 0 aromatic heterocycles. The summed E-state index contributed by atoms with van der Waals surface area (Å²) < 4.78 is 10.8. The number of methoxy groups -OCH3 is 1. The zero-order chi connectivity index (χ0) is 18.2. The molecule has 0 amide bonds. The van der Waals surface area contributed by atoms with Crippen LogP contribution in [0.2, 0.25) is 0 Å². The molecule has 0 aliphatic carbocycles. The molecule has 134 valence electrons. The maximum atomic E-state index is 10.9. The van der Waals surface area contributed by atoms with Gasteiger partial charge < -0.3 is 25.0 Å².